The number of amides is 2. The van der Waals surface area contributed by atoms with Gasteiger partial charge in [0.25, 0.3) is 0 Å². The van der Waals surface area contributed by atoms with E-state index in [1.165, 1.54) is 7.11 Å². The Kier molecular flexibility index (Phi) is 8.18. The summed E-state index contributed by atoms with van der Waals surface area (Å²) in [6, 6.07) is -1.41. The van der Waals surface area contributed by atoms with Gasteiger partial charge in [-0.2, -0.15) is 0 Å². The molecule has 16 heavy (non-hydrogen) atoms. The quantitative estimate of drug-likeness (QED) is 0.407. The van der Waals surface area contributed by atoms with E-state index in [1.807, 2.05) is 0 Å². The molecular formula is C9H19N3O4. The number of carboxylic acids is 1. The van der Waals surface area contributed by atoms with Crippen LogP contribution in [0.5, 0.6) is 0 Å². The fraction of sp³-hybridized carbons (Fsp3) is 0.778. The first kappa shape index (κ1) is 14.7. The van der Waals surface area contributed by atoms with Gasteiger partial charge in [-0.25, -0.2) is 9.59 Å². The minimum Gasteiger partial charge on any atom is -0.480 e. The molecule has 0 saturated carbocycles. The number of hydrogen-bond acceptors (Lipinski definition) is 4. The summed E-state index contributed by atoms with van der Waals surface area (Å²) < 4.78 is 4.80. The summed E-state index contributed by atoms with van der Waals surface area (Å²) in [6.45, 7) is 1.10. The van der Waals surface area contributed by atoms with E-state index in [4.69, 9.17) is 15.6 Å². The van der Waals surface area contributed by atoms with Gasteiger partial charge in [0.05, 0.1) is 0 Å². The first-order valence-corrected chi connectivity index (χ1v) is 5.08. The molecule has 5 N–H and O–H groups in total. The van der Waals surface area contributed by atoms with Crippen molar-refractivity contribution in [3.05, 3.63) is 0 Å². The summed E-state index contributed by atoms with van der Waals surface area (Å²) in [5.74, 6) is -1.06. The van der Waals surface area contributed by atoms with E-state index in [-0.39, 0.29) is 0 Å². The van der Waals surface area contributed by atoms with E-state index >= 15 is 0 Å². The Balaban J connectivity index is 3.92. The molecule has 0 aliphatic heterocycles. The fourth-order valence-corrected chi connectivity index (χ4v) is 1.08. The Labute approximate surface area is 94.3 Å². The van der Waals surface area contributed by atoms with Gasteiger partial charge in [-0.3, -0.25) is 0 Å². The van der Waals surface area contributed by atoms with Crippen molar-refractivity contribution in [1.29, 1.82) is 0 Å². The molecule has 7 heteroatoms. The molecule has 0 aliphatic carbocycles. The molecule has 0 radical (unpaired) electrons. The second-order valence-electron chi connectivity index (χ2n) is 3.21. The largest absolute Gasteiger partial charge is 0.480 e. The molecule has 1 atom stereocenters. The van der Waals surface area contributed by atoms with Crippen LogP contribution in [0.2, 0.25) is 0 Å². The topological polar surface area (TPSA) is 114 Å². The Morgan fingerprint density at radius 1 is 1.50 bits per heavy atom. The number of methoxy groups -OCH3 is 1. The Hall–Kier alpha value is -1.34. The number of nitrogens with two attached hydrogens (primary N) is 1. The Morgan fingerprint density at radius 2 is 2.19 bits per heavy atom. The van der Waals surface area contributed by atoms with Crippen LogP contribution in [-0.2, 0) is 9.53 Å². The molecule has 0 aromatic heterocycles. The van der Waals surface area contributed by atoms with Gasteiger partial charge < -0.3 is 26.2 Å². The molecule has 0 aliphatic rings. The lowest BCUT2D eigenvalue weighted by molar-refractivity contribution is -0.139. The van der Waals surface area contributed by atoms with Gasteiger partial charge in [-0.05, 0) is 12.8 Å². The minimum atomic E-state index is -1.06. The van der Waals surface area contributed by atoms with Crippen molar-refractivity contribution >= 4 is 12.0 Å². The maximum absolute atomic E-state index is 11.2. The van der Waals surface area contributed by atoms with Crippen LogP contribution in [0.1, 0.15) is 12.8 Å². The number of carboxylic acid groups (broad SMARTS) is 1. The van der Waals surface area contributed by atoms with Crippen molar-refractivity contribution in [2.45, 2.75) is 18.9 Å². The zero-order valence-electron chi connectivity index (χ0n) is 9.36. The monoisotopic (exact) mass is 233 g/mol. The highest BCUT2D eigenvalue weighted by molar-refractivity contribution is 5.82. The lowest BCUT2D eigenvalue weighted by atomic mass is 10.1. The second kappa shape index (κ2) is 8.93. The van der Waals surface area contributed by atoms with Gasteiger partial charge in [0.15, 0.2) is 0 Å². The number of urea groups is 1. The molecule has 1 unspecified atom stereocenters. The third-order valence-corrected chi connectivity index (χ3v) is 1.87. The first-order valence-electron chi connectivity index (χ1n) is 5.08. The lowest BCUT2D eigenvalue weighted by Gasteiger charge is -2.14. The molecule has 0 heterocycles. The van der Waals surface area contributed by atoms with Crippen LogP contribution in [0.4, 0.5) is 4.79 Å². The molecule has 0 spiro atoms. The second-order valence-corrected chi connectivity index (χ2v) is 3.21. The molecule has 0 fully saturated rings. The summed E-state index contributed by atoms with van der Waals surface area (Å²) >= 11 is 0. The van der Waals surface area contributed by atoms with Crippen molar-refractivity contribution in [1.82, 2.24) is 10.6 Å². The van der Waals surface area contributed by atoms with E-state index in [2.05, 4.69) is 10.6 Å². The van der Waals surface area contributed by atoms with E-state index in [0.717, 1.165) is 0 Å². The van der Waals surface area contributed by atoms with Crippen molar-refractivity contribution in [2.75, 3.05) is 26.8 Å². The van der Waals surface area contributed by atoms with E-state index in [1.54, 1.807) is 0 Å². The number of nitrogens with one attached hydrogen (secondary N) is 2. The van der Waals surface area contributed by atoms with Crippen molar-refractivity contribution < 1.29 is 19.4 Å². The van der Waals surface area contributed by atoms with Crippen LogP contribution in [0, 0.1) is 0 Å². The summed E-state index contributed by atoms with van der Waals surface area (Å²) in [5, 5.41) is 13.6. The smallest absolute Gasteiger partial charge is 0.326 e. The number of hydrogen-bond donors (Lipinski definition) is 4. The number of rotatable bonds is 8. The van der Waals surface area contributed by atoms with Gasteiger partial charge >= 0.3 is 12.0 Å². The third kappa shape index (κ3) is 7.02. The Bertz CT molecular complexity index is 223. The predicted molar refractivity (Wildman–Crippen MR) is 58.1 cm³/mol. The number of carbonyl (C=O) groups is 2. The summed E-state index contributed by atoms with van der Waals surface area (Å²) in [6.07, 6.45) is 0.907. The van der Waals surface area contributed by atoms with Crippen LogP contribution in [-0.4, -0.2) is 50.0 Å². The van der Waals surface area contributed by atoms with Gasteiger partial charge in [0, 0.05) is 26.8 Å². The molecule has 0 saturated heterocycles. The van der Waals surface area contributed by atoms with Crippen LogP contribution in [0.3, 0.4) is 0 Å². The first-order chi connectivity index (χ1) is 7.61. The van der Waals surface area contributed by atoms with Crippen LogP contribution in [0.25, 0.3) is 0 Å². The molecule has 94 valence electrons. The molecule has 0 bridgehead atoms. The maximum Gasteiger partial charge on any atom is 0.326 e. The van der Waals surface area contributed by atoms with Gasteiger partial charge in [0.1, 0.15) is 6.04 Å². The zero-order chi connectivity index (χ0) is 12.4. The van der Waals surface area contributed by atoms with Crippen LogP contribution < -0.4 is 16.4 Å². The zero-order valence-corrected chi connectivity index (χ0v) is 9.36. The SMILES string of the molecule is COCCCC(NC(=O)NCCN)C(=O)O. The molecule has 0 aromatic carbocycles. The molecule has 0 aromatic rings. The normalized spacial score (nSPS) is 11.9. The van der Waals surface area contributed by atoms with Gasteiger partial charge in [-0.1, -0.05) is 0 Å². The van der Waals surface area contributed by atoms with Gasteiger partial charge in [-0.15, -0.1) is 0 Å². The summed E-state index contributed by atoms with van der Waals surface area (Å²) in [5.41, 5.74) is 5.19. The fourth-order valence-electron chi connectivity index (χ4n) is 1.08. The summed E-state index contributed by atoms with van der Waals surface area (Å²) in [4.78, 5) is 22.0. The highest BCUT2D eigenvalue weighted by atomic mass is 16.5. The number of carbonyl (C=O) groups excluding carboxylic acids is 1. The average molecular weight is 233 g/mol. The summed E-state index contributed by atoms with van der Waals surface area (Å²) in [7, 11) is 1.54. The maximum atomic E-state index is 11.2. The molecule has 0 rings (SSSR count). The number of ether oxygens (including phenoxy) is 1. The molecule has 7 nitrogen and oxygen atoms in total. The third-order valence-electron chi connectivity index (χ3n) is 1.87. The lowest BCUT2D eigenvalue weighted by Crippen LogP contribution is -2.47. The van der Waals surface area contributed by atoms with Crippen molar-refractivity contribution in [2.24, 2.45) is 5.73 Å². The average Bonchev–Trinajstić information content (AvgIpc) is 2.25. The van der Waals surface area contributed by atoms with Crippen molar-refractivity contribution in [3.63, 3.8) is 0 Å². The van der Waals surface area contributed by atoms with Crippen molar-refractivity contribution in [3.8, 4) is 0 Å². The standard InChI is InChI=1S/C9H19N3O4/c1-16-6-2-3-7(8(13)14)12-9(15)11-5-4-10/h7H,2-6,10H2,1H3,(H,13,14)(H2,11,12,15). The van der Waals surface area contributed by atoms with Crippen LogP contribution >= 0.6 is 0 Å². The minimum absolute atomic E-state index is 0.314. The highest BCUT2D eigenvalue weighted by Gasteiger charge is 2.18. The highest BCUT2D eigenvalue weighted by Crippen LogP contribution is 1.97. The Morgan fingerprint density at radius 3 is 2.69 bits per heavy atom. The predicted octanol–water partition coefficient (Wildman–Crippen LogP) is -0.876. The van der Waals surface area contributed by atoms with Gasteiger partial charge in [0.2, 0.25) is 0 Å². The van der Waals surface area contributed by atoms with Crippen LogP contribution in [0.15, 0.2) is 0 Å². The van der Waals surface area contributed by atoms with E-state index in [9.17, 15) is 9.59 Å². The number of aliphatic carboxylic acids is 1. The van der Waals surface area contributed by atoms with E-state index < -0.39 is 18.0 Å². The molecular weight excluding hydrogens is 214 g/mol. The molecule has 2 amide bonds. The van der Waals surface area contributed by atoms with E-state index in [0.29, 0.717) is 32.5 Å².